The molecule has 7 nitrogen and oxygen atoms in total. The highest BCUT2D eigenvalue weighted by Gasteiger charge is 2.21. The highest BCUT2D eigenvalue weighted by molar-refractivity contribution is 6.67. The van der Waals surface area contributed by atoms with E-state index < -0.39 is 15.5 Å². The Bertz CT molecular complexity index is 576. The normalized spacial score (nSPS) is 11.7. The summed E-state index contributed by atoms with van der Waals surface area (Å²) in [6.45, 7) is 6.16. The van der Waals surface area contributed by atoms with E-state index in [2.05, 4.69) is 5.32 Å². The summed E-state index contributed by atoms with van der Waals surface area (Å²) in [6, 6.07) is 0. The number of carbonyl (C=O) groups excluding carboxylic acids is 3. The highest BCUT2D eigenvalue weighted by atomic mass is 35.6. The minimum Gasteiger partial charge on any atom is -0.466 e. The Morgan fingerprint density at radius 2 is 1.15 bits per heavy atom. The fourth-order valence-electron chi connectivity index (χ4n) is 3.00. The van der Waals surface area contributed by atoms with Crippen LogP contribution in [0.2, 0.25) is 0 Å². The number of amides is 1. The largest absolute Gasteiger partial charge is 0.466 e. The van der Waals surface area contributed by atoms with Crippen molar-refractivity contribution in [3.63, 3.8) is 0 Å². The van der Waals surface area contributed by atoms with Crippen molar-refractivity contribution in [3.8, 4) is 0 Å². The smallest absolute Gasteiger partial charge is 0.407 e. The number of alkyl carbamates (subject to hydrolysis) is 1. The molecule has 34 heavy (non-hydrogen) atoms. The minimum absolute atomic E-state index is 0.187. The van der Waals surface area contributed by atoms with Gasteiger partial charge in [0.15, 0.2) is 0 Å². The predicted molar refractivity (Wildman–Crippen MR) is 136 cm³/mol. The SMILES string of the molecule is CC(C)(C)OC(=O)NCCCCC(=O)OCCCCCCCCCCCC(=O)OCC(Cl)(Cl)Cl. The van der Waals surface area contributed by atoms with Gasteiger partial charge < -0.3 is 19.5 Å². The van der Waals surface area contributed by atoms with Crippen LogP contribution in [0.15, 0.2) is 0 Å². The topological polar surface area (TPSA) is 90.9 Å². The van der Waals surface area contributed by atoms with E-state index in [-0.39, 0.29) is 18.5 Å². The molecule has 0 unspecified atom stereocenters. The van der Waals surface area contributed by atoms with E-state index in [1.54, 1.807) is 0 Å². The minimum atomic E-state index is -1.55. The van der Waals surface area contributed by atoms with E-state index in [9.17, 15) is 14.4 Å². The molecule has 1 amide bonds. The summed E-state index contributed by atoms with van der Waals surface area (Å²) in [5.74, 6) is -0.518. The van der Waals surface area contributed by atoms with Crippen LogP contribution in [-0.4, -0.2) is 47.2 Å². The van der Waals surface area contributed by atoms with Gasteiger partial charge in [-0.05, 0) is 46.5 Å². The average molecular weight is 547 g/mol. The van der Waals surface area contributed by atoms with Crippen LogP contribution in [0, 0.1) is 0 Å². The lowest BCUT2D eigenvalue weighted by atomic mass is 10.1. The number of unbranched alkanes of at least 4 members (excludes halogenated alkanes) is 9. The number of hydrogen-bond donors (Lipinski definition) is 1. The summed E-state index contributed by atoms with van der Waals surface area (Å²) in [5, 5.41) is 2.67. The monoisotopic (exact) mass is 545 g/mol. The molecule has 0 atom stereocenters. The van der Waals surface area contributed by atoms with Crippen molar-refractivity contribution < 1.29 is 28.6 Å². The molecule has 0 aliphatic heterocycles. The number of carbonyl (C=O) groups is 3. The number of ether oxygens (including phenoxy) is 3. The number of alkyl halides is 3. The van der Waals surface area contributed by atoms with Crippen molar-refractivity contribution in [1.82, 2.24) is 5.32 Å². The lowest BCUT2D eigenvalue weighted by molar-refractivity contribution is -0.144. The maximum absolute atomic E-state index is 11.7. The molecule has 0 aromatic carbocycles. The van der Waals surface area contributed by atoms with Gasteiger partial charge in [0, 0.05) is 19.4 Å². The van der Waals surface area contributed by atoms with Crippen molar-refractivity contribution in [3.05, 3.63) is 0 Å². The highest BCUT2D eigenvalue weighted by Crippen LogP contribution is 2.26. The fourth-order valence-corrected chi connectivity index (χ4v) is 3.16. The summed E-state index contributed by atoms with van der Waals surface area (Å²) in [5.41, 5.74) is -0.511. The quantitative estimate of drug-likeness (QED) is 0.0858. The van der Waals surface area contributed by atoms with Crippen LogP contribution in [0.5, 0.6) is 0 Å². The van der Waals surface area contributed by atoms with Crippen molar-refractivity contribution in [2.75, 3.05) is 19.8 Å². The molecule has 0 saturated carbocycles. The van der Waals surface area contributed by atoms with Gasteiger partial charge in [-0.1, -0.05) is 79.7 Å². The lowest BCUT2D eigenvalue weighted by Crippen LogP contribution is -2.33. The summed E-state index contributed by atoms with van der Waals surface area (Å²) in [6.07, 6.45) is 11.0. The molecule has 0 aliphatic carbocycles. The van der Waals surface area contributed by atoms with Gasteiger partial charge in [-0.2, -0.15) is 0 Å². The Morgan fingerprint density at radius 3 is 1.68 bits per heavy atom. The van der Waals surface area contributed by atoms with Gasteiger partial charge in [0.25, 0.3) is 0 Å². The van der Waals surface area contributed by atoms with Crippen LogP contribution in [0.4, 0.5) is 4.79 Å². The number of nitrogens with one attached hydrogen (secondary N) is 1. The molecular formula is C24H42Cl3NO6. The van der Waals surface area contributed by atoms with Crippen LogP contribution in [0.3, 0.4) is 0 Å². The zero-order chi connectivity index (χ0) is 25.9. The number of halogens is 3. The third kappa shape index (κ3) is 25.7. The summed E-state index contributed by atoms with van der Waals surface area (Å²) >= 11 is 16.6. The predicted octanol–water partition coefficient (Wildman–Crippen LogP) is 7.04. The fraction of sp³-hybridized carbons (Fsp3) is 0.875. The van der Waals surface area contributed by atoms with E-state index in [0.29, 0.717) is 38.8 Å². The van der Waals surface area contributed by atoms with Crippen LogP contribution < -0.4 is 5.32 Å². The first-order chi connectivity index (χ1) is 15.9. The molecule has 0 heterocycles. The second-order valence-corrected chi connectivity index (χ2v) is 11.8. The van der Waals surface area contributed by atoms with Gasteiger partial charge >= 0.3 is 18.0 Å². The van der Waals surface area contributed by atoms with Crippen LogP contribution in [0.1, 0.15) is 104 Å². The Morgan fingerprint density at radius 1 is 0.676 bits per heavy atom. The molecule has 0 bridgehead atoms. The molecule has 0 aliphatic rings. The molecule has 200 valence electrons. The van der Waals surface area contributed by atoms with E-state index in [1.165, 1.54) is 0 Å². The molecule has 0 aromatic heterocycles. The first kappa shape index (κ1) is 33.1. The Labute approximate surface area is 219 Å². The number of hydrogen-bond acceptors (Lipinski definition) is 6. The van der Waals surface area contributed by atoms with Gasteiger partial charge in [0.2, 0.25) is 3.79 Å². The molecule has 10 heteroatoms. The molecule has 1 N–H and O–H groups in total. The van der Waals surface area contributed by atoms with E-state index >= 15 is 0 Å². The molecular weight excluding hydrogens is 505 g/mol. The Balaban J connectivity index is 3.37. The number of rotatable bonds is 18. The first-order valence-corrected chi connectivity index (χ1v) is 13.4. The van der Waals surface area contributed by atoms with Gasteiger partial charge in [-0.3, -0.25) is 9.59 Å². The molecule has 0 fully saturated rings. The van der Waals surface area contributed by atoms with E-state index in [0.717, 1.165) is 57.8 Å². The van der Waals surface area contributed by atoms with Gasteiger partial charge in [0.05, 0.1) is 6.61 Å². The van der Waals surface area contributed by atoms with Crippen LogP contribution in [-0.2, 0) is 23.8 Å². The van der Waals surface area contributed by atoms with E-state index in [4.69, 9.17) is 49.0 Å². The van der Waals surface area contributed by atoms with Crippen molar-refractivity contribution >= 4 is 52.8 Å². The molecule has 0 radical (unpaired) electrons. The Kier molecular flexibility index (Phi) is 18.8. The maximum Gasteiger partial charge on any atom is 0.407 e. The van der Waals surface area contributed by atoms with Crippen molar-refractivity contribution in [2.45, 2.75) is 114 Å². The van der Waals surface area contributed by atoms with Gasteiger partial charge in [0.1, 0.15) is 12.2 Å². The average Bonchev–Trinajstić information content (AvgIpc) is 2.71. The van der Waals surface area contributed by atoms with Gasteiger partial charge in [-0.15, -0.1) is 0 Å². The second kappa shape index (κ2) is 19.3. The third-order valence-electron chi connectivity index (χ3n) is 4.66. The van der Waals surface area contributed by atoms with Crippen molar-refractivity contribution in [2.24, 2.45) is 0 Å². The summed E-state index contributed by atoms with van der Waals surface area (Å²) in [7, 11) is 0. The third-order valence-corrected chi connectivity index (χ3v) is 4.99. The standard InChI is InChI=1S/C24H42Cl3NO6/c1-23(2,3)34-22(31)28-17-13-12-16-20(29)32-18-14-10-8-6-4-5-7-9-11-15-21(30)33-19-24(25,26)27/h4-19H2,1-3H3,(H,28,31). The molecule has 0 spiro atoms. The number of esters is 2. The second-order valence-electron chi connectivity index (χ2n) is 9.31. The summed E-state index contributed by atoms with van der Waals surface area (Å²) in [4.78, 5) is 34.7. The first-order valence-electron chi connectivity index (χ1n) is 12.2. The van der Waals surface area contributed by atoms with Crippen molar-refractivity contribution in [1.29, 1.82) is 0 Å². The van der Waals surface area contributed by atoms with E-state index in [1.807, 2.05) is 20.8 Å². The molecule has 0 aromatic rings. The zero-order valence-corrected chi connectivity index (χ0v) is 23.2. The summed E-state index contributed by atoms with van der Waals surface area (Å²) < 4.78 is 13.7. The molecule has 0 rings (SSSR count). The van der Waals surface area contributed by atoms with Gasteiger partial charge in [-0.25, -0.2) is 4.79 Å². The maximum atomic E-state index is 11.7. The lowest BCUT2D eigenvalue weighted by Gasteiger charge is -2.19. The van der Waals surface area contributed by atoms with Crippen LogP contribution in [0.25, 0.3) is 0 Å². The molecule has 0 saturated heterocycles. The zero-order valence-electron chi connectivity index (χ0n) is 20.9. The van der Waals surface area contributed by atoms with Crippen LogP contribution >= 0.6 is 34.8 Å². The Hall–Kier alpha value is -0.920.